The fourth-order valence-electron chi connectivity index (χ4n) is 10.7. The first-order valence-electron chi connectivity index (χ1n) is 31.7. The van der Waals surface area contributed by atoms with E-state index in [2.05, 4.69) is 16.0 Å². The van der Waals surface area contributed by atoms with Crippen molar-refractivity contribution < 1.29 is 95.8 Å². The van der Waals surface area contributed by atoms with E-state index in [1.807, 2.05) is 6.92 Å². The molecule has 0 spiro atoms. The molecule has 0 aliphatic carbocycles. The lowest BCUT2D eigenvalue weighted by molar-refractivity contribution is -0.198. The van der Waals surface area contributed by atoms with Crippen LogP contribution >= 0.6 is 0 Å². The third kappa shape index (κ3) is 20.3. The Hall–Kier alpha value is -8.94. The second kappa shape index (κ2) is 35.5. The van der Waals surface area contributed by atoms with Crippen molar-refractivity contribution in [2.45, 2.75) is 117 Å². The molecule has 95 heavy (non-hydrogen) atoms. The predicted octanol–water partition coefficient (Wildman–Crippen LogP) is 3.91. The maximum atomic E-state index is 13.8. The van der Waals surface area contributed by atoms with E-state index >= 15 is 0 Å². The molecule has 8 amide bonds. The van der Waals surface area contributed by atoms with Crippen LogP contribution in [0.15, 0.2) is 53.3 Å². The van der Waals surface area contributed by atoms with Gasteiger partial charge in [-0.15, -0.1) is 5.06 Å². The van der Waals surface area contributed by atoms with Gasteiger partial charge in [-0.25, -0.2) is 29.0 Å². The van der Waals surface area contributed by atoms with Crippen LogP contribution in [0.2, 0.25) is 0 Å². The third-order valence-electron chi connectivity index (χ3n) is 16.1. The van der Waals surface area contributed by atoms with Gasteiger partial charge in [0.05, 0.1) is 108 Å². The number of imide groups is 1. The second-order valence-electron chi connectivity index (χ2n) is 23.2. The zero-order valence-corrected chi connectivity index (χ0v) is 54.5. The number of aliphatic hydroxyl groups is 1. The molecular formula is C65H85N9O21. The lowest BCUT2D eigenvalue weighted by Crippen LogP contribution is -2.45. The highest BCUT2D eigenvalue weighted by Gasteiger charge is 2.46. The number of cyclic esters (lactones) is 1. The van der Waals surface area contributed by atoms with Crippen LogP contribution in [-0.2, 0) is 103 Å². The van der Waals surface area contributed by atoms with Crippen LogP contribution in [-0.4, -0.2) is 195 Å². The van der Waals surface area contributed by atoms with Crippen molar-refractivity contribution >= 4 is 76.2 Å². The van der Waals surface area contributed by atoms with E-state index in [0.29, 0.717) is 72.5 Å². The summed E-state index contributed by atoms with van der Waals surface area (Å²) in [5.41, 5.74) is 7.69. The number of rotatable bonds is 38. The summed E-state index contributed by atoms with van der Waals surface area (Å²) in [4.78, 5) is 152. The molecule has 6 N–H and O–H groups in total. The van der Waals surface area contributed by atoms with Crippen LogP contribution < -0.4 is 32.0 Å². The number of carbonyl (C=O) groups excluding carboxylic acids is 10. The minimum absolute atomic E-state index is 0.0175. The fraction of sp³-hybridized carbons (Fsp3) is 0.538. The third-order valence-corrected chi connectivity index (χ3v) is 16.1. The van der Waals surface area contributed by atoms with Gasteiger partial charge < -0.3 is 83.9 Å². The zero-order valence-electron chi connectivity index (χ0n) is 54.5. The molecule has 5 heterocycles. The molecule has 4 aromatic rings. The minimum atomic E-state index is -1.96. The Morgan fingerprint density at radius 1 is 0.779 bits per heavy atom. The van der Waals surface area contributed by atoms with Crippen LogP contribution in [0.25, 0.3) is 22.3 Å². The molecule has 0 saturated carbocycles. The van der Waals surface area contributed by atoms with Gasteiger partial charge >= 0.3 is 30.2 Å². The number of aryl methyl sites for hydroxylation is 1. The predicted molar refractivity (Wildman–Crippen MR) is 338 cm³/mol. The van der Waals surface area contributed by atoms with E-state index in [0.717, 1.165) is 16.5 Å². The van der Waals surface area contributed by atoms with Gasteiger partial charge in [0.25, 0.3) is 17.4 Å². The molecule has 3 aliphatic heterocycles. The van der Waals surface area contributed by atoms with Crippen LogP contribution in [0.1, 0.15) is 107 Å². The van der Waals surface area contributed by atoms with Crippen molar-refractivity contribution in [3.05, 3.63) is 86.7 Å². The van der Waals surface area contributed by atoms with Gasteiger partial charge in [0.2, 0.25) is 11.8 Å². The number of esters is 1. The van der Waals surface area contributed by atoms with Crippen LogP contribution in [0.4, 0.5) is 20.1 Å². The van der Waals surface area contributed by atoms with Gasteiger partial charge in [0.1, 0.15) is 19.0 Å². The molecule has 0 unspecified atom stereocenters. The van der Waals surface area contributed by atoms with Gasteiger partial charge in [0, 0.05) is 87.5 Å². The van der Waals surface area contributed by atoms with Crippen molar-refractivity contribution in [1.82, 2.24) is 35.0 Å². The van der Waals surface area contributed by atoms with Gasteiger partial charge in [0.15, 0.2) is 11.4 Å². The Balaban J connectivity index is 0.777. The fourth-order valence-corrected chi connectivity index (χ4v) is 10.7. The van der Waals surface area contributed by atoms with E-state index in [1.165, 1.54) is 23.9 Å². The summed E-state index contributed by atoms with van der Waals surface area (Å²) in [6.07, 6.45) is -0.593. The summed E-state index contributed by atoms with van der Waals surface area (Å²) in [5.74, 6) is -4.81. The number of anilines is 1. The number of Topliss-reactive ketones (excluding diaryl/α,β-unsaturated/α-hetero) is 1. The summed E-state index contributed by atoms with van der Waals surface area (Å²) < 4.78 is 45.3. The smallest absolute Gasteiger partial charge is 0.415 e. The number of carbonyl (C=O) groups is 10. The molecule has 30 heteroatoms. The number of urea groups is 1. The topological polar surface area (TPSA) is 381 Å². The first-order valence-corrected chi connectivity index (χ1v) is 31.7. The number of pyridine rings is 2. The van der Waals surface area contributed by atoms with Crippen molar-refractivity contribution in [1.29, 1.82) is 0 Å². The number of hydrogen-bond acceptors (Lipinski definition) is 22. The van der Waals surface area contributed by atoms with Gasteiger partial charge in [-0.3, -0.25) is 28.8 Å². The summed E-state index contributed by atoms with van der Waals surface area (Å²) >= 11 is 0. The van der Waals surface area contributed by atoms with E-state index in [9.17, 15) is 57.8 Å². The summed E-state index contributed by atoms with van der Waals surface area (Å²) in [6.45, 7) is 9.57. The molecule has 1 fully saturated rings. The Kier molecular flexibility index (Phi) is 27.5. The lowest BCUT2D eigenvalue weighted by Gasteiger charge is -2.31. The number of amides is 8. The van der Waals surface area contributed by atoms with Crippen LogP contribution in [0, 0.1) is 11.8 Å². The molecule has 2 aromatic carbocycles. The molecule has 0 radical (unpaired) electrons. The number of primary amides is 1. The SMILES string of the molecule is CCc1c2c(nc3ccc(OC(=O)N(C)CCN(C)C(=O)OCc4ccc(NC(=O)[C@H](CCCNC(N)=O)CC(=O)[C@@H](NC(=O)CCOCCOCCOCCOCCOCCC(=O)ON5C(=O)CCC5=O)C(C)C)cc4)cc13)-c1cc3c(c(=O)n1C2)COC(=O)[C@]3(O)CC. The number of aromatic nitrogens is 2. The van der Waals surface area contributed by atoms with E-state index in [4.69, 9.17) is 53.5 Å². The summed E-state index contributed by atoms with van der Waals surface area (Å²) in [5, 5.41) is 20.6. The number of nitrogens with one attached hydrogen (secondary N) is 3. The number of likely N-dealkylation sites (N-methyl/N-ethyl adjacent to an activating group) is 2. The molecule has 7 rings (SSSR count). The minimum Gasteiger partial charge on any atom is -0.458 e. The van der Waals surface area contributed by atoms with Crippen molar-refractivity contribution in [3.63, 3.8) is 0 Å². The molecule has 3 aliphatic rings. The molecule has 2 aromatic heterocycles. The number of benzene rings is 2. The quantitative estimate of drug-likeness (QED) is 0.0212. The highest BCUT2D eigenvalue weighted by atomic mass is 16.7. The number of hydrogen-bond donors (Lipinski definition) is 5. The Morgan fingerprint density at radius 3 is 1.99 bits per heavy atom. The number of hydroxylamine groups is 2. The second-order valence-corrected chi connectivity index (χ2v) is 23.2. The normalized spacial score (nSPS) is 15.3. The average Bonchev–Trinajstić information content (AvgIpc) is 1.62. The van der Waals surface area contributed by atoms with Crippen LogP contribution in [0.3, 0.4) is 0 Å². The highest BCUT2D eigenvalue weighted by Crippen LogP contribution is 2.41. The number of ketones is 1. The van der Waals surface area contributed by atoms with Crippen LogP contribution in [0.5, 0.6) is 5.75 Å². The largest absolute Gasteiger partial charge is 0.458 e. The molecule has 3 atom stereocenters. The van der Waals surface area contributed by atoms with E-state index in [1.54, 1.807) is 73.9 Å². The first-order chi connectivity index (χ1) is 45.5. The van der Waals surface area contributed by atoms with Gasteiger partial charge in [-0.05, 0) is 79.1 Å². The number of nitrogens with zero attached hydrogens (tertiary/aromatic N) is 5. The van der Waals surface area contributed by atoms with E-state index < -0.39 is 71.3 Å². The zero-order chi connectivity index (χ0) is 68.8. The molecule has 516 valence electrons. The highest BCUT2D eigenvalue weighted by molar-refractivity contribution is 6.02. The molecular weight excluding hydrogens is 1240 g/mol. The number of ether oxygens (including phenoxy) is 8. The Morgan fingerprint density at radius 2 is 1.39 bits per heavy atom. The molecule has 30 nitrogen and oxygen atoms in total. The lowest BCUT2D eigenvalue weighted by atomic mass is 9.86. The summed E-state index contributed by atoms with van der Waals surface area (Å²) in [7, 11) is 3.05. The monoisotopic (exact) mass is 1330 g/mol. The number of fused-ring (bicyclic) bond motifs is 5. The molecule has 0 bridgehead atoms. The maximum absolute atomic E-state index is 13.8. The molecule has 1 saturated heterocycles. The number of nitrogens with two attached hydrogens (primary N) is 1. The standard InChI is InChI=1S/C65H85N9O21/c1-7-45-46-35-44(15-16-50(46)69-58-47(45)37-73-51(58)36-49-48(60(73)81)39-92-61(82)65(49,86)8-2)94-64(85)72(6)23-22-71(5)63(84)93-38-41-11-13-43(14-12-41)68-59(80)42(10-9-21-67-62(66)83)34-52(75)57(40(3)4)70-53(76)19-24-87-26-28-89-30-32-91-33-31-90-29-27-88-25-20-56(79)95-74-54(77)17-18-55(74)78/h11-16,35-36,40,42,57,86H,7-10,17-34,37-39H2,1-6H3,(H,68,80)(H,70,76)(H3,66,67,83)/t42-,57+,65+/m1/s1. The average molecular weight is 1330 g/mol. The summed E-state index contributed by atoms with van der Waals surface area (Å²) in [6, 6.07) is 11.6. The first kappa shape index (κ1) is 73.5. The van der Waals surface area contributed by atoms with Crippen molar-refractivity contribution in [2.75, 3.05) is 105 Å². The van der Waals surface area contributed by atoms with Crippen molar-refractivity contribution in [3.8, 4) is 17.1 Å². The van der Waals surface area contributed by atoms with Gasteiger partial charge in [-0.2, -0.15) is 0 Å². The van der Waals surface area contributed by atoms with Crippen molar-refractivity contribution in [2.24, 2.45) is 17.6 Å². The Bertz CT molecular complexity index is 3470. The van der Waals surface area contributed by atoms with E-state index in [-0.39, 0.29) is 158 Å². The van der Waals surface area contributed by atoms with Gasteiger partial charge in [-0.1, -0.05) is 39.8 Å². The maximum Gasteiger partial charge on any atom is 0.415 e. The Labute approximate surface area is 548 Å².